The van der Waals surface area contributed by atoms with Crippen LogP contribution in [-0.4, -0.2) is 0 Å². The van der Waals surface area contributed by atoms with Gasteiger partial charge in [0, 0.05) is 6.07 Å². The van der Waals surface area contributed by atoms with Gasteiger partial charge >= 0.3 is 6.18 Å². The number of anilines is 1. The molecule has 0 spiro atoms. The highest BCUT2D eigenvalue weighted by atomic mass is 35.5. The van der Waals surface area contributed by atoms with Crippen molar-refractivity contribution >= 4 is 17.5 Å². The SMILES string of the molecule is Fc1cc(NNCl)c(F)c(F)c1C(F)(F)F. The normalized spacial score (nSPS) is 11.7. The molecular weight excluding hydrogens is 262 g/mol. The summed E-state index contributed by atoms with van der Waals surface area (Å²) in [7, 11) is 0. The van der Waals surface area contributed by atoms with Crippen molar-refractivity contribution in [2.45, 2.75) is 6.18 Å². The lowest BCUT2D eigenvalue weighted by molar-refractivity contribution is -0.142. The monoisotopic (exact) mass is 264 g/mol. The van der Waals surface area contributed by atoms with Gasteiger partial charge < -0.3 is 5.43 Å². The highest BCUT2D eigenvalue weighted by Gasteiger charge is 2.39. The molecular formula is C7H3ClF6N2. The summed E-state index contributed by atoms with van der Waals surface area (Å²) in [5.41, 5.74) is -1.43. The number of halogens is 7. The van der Waals surface area contributed by atoms with Gasteiger partial charge in [-0.1, -0.05) is 0 Å². The molecule has 0 fully saturated rings. The lowest BCUT2D eigenvalue weighted by Crippen LogP contribution is -2.17. The van der Waals surface area contributed by atoms with E-state index in [1.54, 1.807) is 10.4 Å². The molecule has 0 aromatic heterocycles. The second kappa shape index (κ2) is 4.38. The quantitative estimate of drug-likeness (QED) is 0.371. The van der Waals surface area contributed by atoms with E-state index in [2.05, 4.69) is 0 Å². The van der Waals surface area contributed by atoms with Crippen LogP contribution in [0.15, 0.2) is 6.07 Å². The third kappa shape index (κ3) is 2.33. The van der Waals surface area contributed by atoms with Crippen LogP contribution in [-0.2, 0) is 6.18 Å². The van der Waals surface area contributed by atoms with Gasteiger partial charge in [0.05, 0.1) is 5.69 Å². The Balaban J connectivity index is 3.40. The molecule has 90 valence electrons. The number of hydrazine groups is 1. The second-order valence-electron chi connectivity index (χ2n) is 2.63. The number of hydrogen-bond acceptors (Lipinski definition) is 2. The molecule has 9 heteroatoms. The summed E-state index contributed by atoms with van der Waals surface area (Å²) in [6.45, 7) is 0. The smallest absolute Gasteiger partial charge is 0.305 e. The Morgan fingerprint density at radius 3 is 2.06 bits per heavy atom. The molecule has 0 amide bonds. The maximum absolute atomic E-state index is 13.0. The fourth-order valence-corrected chi connectivity index (χ4v) is 1.10. The van der Waals surface area contributed by atoms with Gasteiger partial charge in [0.2, 0.25) is 0 Å². The van der Waals surface area contributed by atoms with E-state index in [1.165, 1.54) is 0 Å². The molecule has 2 N–H and O–H groups in total. The van der Waals surface area contributed by atoms with Crippen LogP contribution in [0.4, 0.5) is 32.0 Å². The van der Waals surface area contributed by atoms with E-state index in [0.29, 0.717) is 0 Å². The van der Waals surface area contributed by atoms with Gasteiger partial charge in [0.25, 0.3) is 0 Å². The first-order valence-electron chi connectivity index (χ1n) is 3.65. The first-order chi connectivity index (χ1) is 7.29. The van der Waals surface area contributed by atoms with Gasteiger partial charge in [0.15, 0.2) is 11.6 Å². The number of hydrogen-bond donors (Lipinski definition) is 2. The van der Waals surface area contributed by atoms with Crippen molar-refractivity contribution in [3.05, 3.63) is 29.1 Å². The van der Waals surface area contributed by atoms with Crippen LogP contribution in [0.25, 0.3) is 0 Å². The van der Waals surface area contributed by atoms with Crippen molar-refractivity contribution < 1.29 is 26.3 Å². The number of rotatable bonds is 2. The highest BCUT2D eigenvalue weighted by Crippen LogP contribution is 2.36. The van der Waals surface area contributed by atoms with Gasteiger partial charge in [-0.3, -0.25) is 0 Å². The lowest BCUT2D eigenvalue weighted by atomic mass is 10.1. The van der Waals surface area contributed by atoms with Gasteiger partial charge in [-0.25, -0.2) is 13.2 Å². The summed E-state index contributed by atoms with van der Waals surface area (Å²) in [5, 5.41) is 0. The number of nitrogens with one attached hydrogen (secondary N) is 2. The lowest BCUT2D eigenvalue weighted by Gasteiger charge is -2.12. The molecule has 0 heterocycles. The number of benzene rings is 1. The molecule has 0 unspecified atom stereocenters. The molecule has 0 aliphatic carbocycles. The average Bonchev–Trinajstić information content (AvgIpc) is 2.12. The zero-order valence-electron chi connectivity index (χ0n) is 7.22. The van der Waals surface area contributed by atoms with Crippen LogP contribution in [0.2, 0.25) is 0 Å². The molecule has 1 aromatic carbocycles. The minimum atomic E-state index is -5.32. The van der Waals surface area contributed by atoms with Crippen LogP contribution in [0.1, 0.15) is 5.56 Å². The minimum Gasteiger partial charge on any atom is -0.305 e. The molecule has 16 heavy (non-hydrogen) atoms. The summed E-state index contributed by atoms with van der Waals surface area (Å²) < 4.78 is 75.0. The summed E-state index contributed by atoms with van der Waals surface area (Å²) in [6, 6.07) is 0.136. The van der Waals surface area contributed by atoms with E-state index in [-0.39, 0.29) is 6.07 Å². The van der Waals surface area contributed by atoms with E-state index >= 15 is 0 Å². The average molecular weight is 265 g/mol. The Labute approximate surface area is 90.3 Å². The van der Waals surface area contributed by atoms with Crippen LogP contribution in [0.3, 0.4) is 0 Å². The van der Waals surface area contributed by atoms with E-state index in [9.17, 15) is 26.3 Å². The summed E-state index contributed by atoms with van der Waals surface area (Å²) in [6.07, 6.45) is -5.32. The van der Waals surface area contributed by atoms with Gasteiger partial charge in [-0.2, -0.15) is 13.2 Å². The Kier molecular flexibility index (Phi) is 3.54. The molecule has 0 bridgehead atoms. The molecule has 0 saturated carbocycles. The summed E-state index contributed by atoms with van der Waals surface area (Å²) in [5.74, 6) is -6.16. The van der Waals surface area contributed by atoms with Crippen molar-refractivity contribution in [3.8, 4) is 0 Å². The molecule has 1 rings (SSSR count). The Bertz CT molecular complexity index is 405. The zero-order valence-corrected chi connectivity index (χ0v) is 7.98. The van der Waals surface area contributed by atoms with Crippen LogP contribution < -0.4 is 10.4 Å². The van der Waals surface area contributed by atoms with Crippen LogP contribution in [0, 0.1) is 17.5 Å². The van der Waals surface area contributed by atoms with E-state index in [4.69, 9.17) is 11.8 Å². The first-order valence-corrected chi connectivity index (χ1v) is 4.03. The van der Waals surface area contributed by atoms with E-state index < -0.39 is 34.9 Å². The Hall–Kier alpha value is -1.15. The fraction of sp³-hybridized carbons (Fsp3) is 0.143. The Morgan fingerprint density at radius 1 is 1.06 bits per heavy atom. The third-order valence-electron chi connectivity index (χ3n) is 1.62. The number of alkyl halides is 3. The maximum Gasteiger partial charge on any atom is 0.422 e. The van der Waals surface area contributed by atoms with Crippen molar-refractivity contribution in [1.29, 1.82) is 0 Å². The topological polar surface area (TPSA) is 24.1 Å². The predicted octanol–water partition coefficient (Wildman–Crippen LogP) is 3.19. The molecule has 2 nitrogen and oxygen atoms in total. The zero-order chi connectivity index (χ0) is 12.5. The minimum absolute atomic E-state index is 0.136. The highest BCUT2D eigenvalue weighted by molar-refractivity contribution is 6.13. The standard InChI is InChI=1S/C7H3ClF6N2/c8-16-15-3-1-2(9)4(7(12,13)14)6(11)5(3)10/h1,15-16H. The van der Waals surface area contributed by atoms with Crippen molar-refractivity contribution in [2.75, 3.05) is 5.43 Å². The predicted molar refractivity (Wildman–Crippen MR) is 43.9 cm³/mol. The van der Waals surface area contributed by atoms with E-state index in [0.717, 1.165) is 0 Å². The van der Waals surface area contributed by atoms with Gasteiger partial charge in [0.1, 0.15) is 11.4 Å². The van der Waals surface area contributed by atoms with Crippen LogP contribution in [0.5, 0.6) is 0 Å². The first kappa shape index (κ1) is 12.9. The molecule has 0 radical (unpaired) electrons. The van der Waals surface area contributed by atoms with Crippen molar-refractivity contribution in [3.63, 3.8) is 0 Å². The third-order valence-corrected chi connectivity index (χ3v) is 1.72. The van der Waals surface area contributed by atoms with Crippen molar-refractivity contribution in [2.24, 2.45) is 0 Å². The van der Waals surface area contributed by atoms with E-state index in [1.807, 2.05) is 0 Å². The molecule has 1 aromatic rings. The molecule has 0 saturated heterocycles. The maximum atomic E-state index is 13.0. The van der Waals surface area contributed by atoms with Crippen molar-refractivity contribution in [1.82, 2.24) is 4.94 Å². The molecule has 0 aliphatic heterocycles. The van der Waals surface area contributed by atoms with Gasteiger partial charge in [-0.15, -0.1) is 4.94 Å². The molecule has 0 atom stereocenters. The van der Waals surface area contributed by atoms with Gasteiger partial charge in [-0.05, 0) is 11.8 Å². The largest absolute Gasteiger partial charge is 0.422 e. The fourth-order valence-electron chi connectivity index (χ4n) is 0.997. The summed E-state index contributed by atoms with van der Waals surface area (Å²) in [4.78, 5) is 1.61. The summed E-state index contributed by atoms with van der Waals surface area (Å²) >= 11 is 4.85. The molecule has 0 aliphatic rings. The van der Waals surface area contributed by atoms with Crippen LogP contribution >= 0.6 is 11.8 Å². The Morgan fingerprint density at radius 2 is 1.62 bits per heavy atom. The second-order valence-corrected chi connectivity index (χ2v) is 2.82.